The Labute approximate surface area is 174 Å². The molecule has 148 valence electrons. The highest BCUT2D eigenvalue weighted by molar-refractivity contribution is 6.31. The van der Waals surface area contributed by atoms with Crippen LogP contribution in [-0.4, -0.2) is 17.7 Å². The van der Waals surface area contributed by atoms with Crippen molar-refractivity contribution in [2.24, 2.45) is 11.8 Å². The Morgan fingerprint density at radius 3 is 2.55 bits per heavy atom. The predicted octanol–water partition coefficient (Wildman–Crippen LogP) is 4.75. The average Bonchev–Trinajstić information content (AvgIpc) is 2.94. The van der Waals surface area contributed by atoms with Crippen LogP contribution in [0.4, 0.5) is 11.4 Å². The van der Waals surface area contributed by atoms with Crippen molar-refractivity contribution in [1.82, 2.24) is 0 Å². The van der Waals surface area contributed by atoms with Crippen LogP contribution >= 0.6 is 11.6 Å². The van der Waals surface area contributed by atoms with Crippen LogP contribution in [0.25, 0.3) is 0 Å². The van der Waals surface area contributed by atoms with E-state index in [1.165, 1.54) is 4.90 Å². The van der Waals surface area contributed by atoms with Crippen molar-refractivity contribution in [3.05, 3.63) is 70.3 Å². The van der Waals surface area contributed by atoms with Crippen molar-refractivity contribution < 1.29 is 14.4 Å². The number of nitrogens with one attached hydrogen (secondary N) is 1. The molecular formula is C23H21ClN2O3. The molecule has 0 spiro atoms. The highest BCUT2D eigenvalue weighted by Gasteiger charge is 2.49. The summed E-state index contributed by atoms with van der Waals surface area (Å²) in [7, 11) is 0. The zero-order valence-corrected chi connectivity index (χ0v) is 17.0. The molecule has 1 N–H and O–H groups in total. The maximum atomic E-state index is 13.0. The quantitative estimate of drug-likeness (QED) is 0.588. The lowest BCUT2D eigenvalue weighted by molar-refractivity contribution is -0.122. The molecule has 4 rings (SSSR count). The number of amides is 3. The van der Waals surface area contributed by atoms with E-state index in [2.05, 4.69) is 5.32 Å². The van der Waals surface area contributed by atoms with Gasteiger partial charge in [0, 0.05) is 10.7 Å². The molecule has 2 aliphatic rings. The van der Waals surface area contributed by atoms with E-state index in [1.807, 2.05) is 26.0 Å². The van der Waals surface area contributed by atoms with E-state index in [9.17, 15) is 14.4 Å². The molecule has 2 aromatic carbocycles. The standard InChI is InChI=1S/C23H21ClN2O3/c1-13-7-10-16-18(11-13)23(29)26(22(16)28)20-6-4-3-5-17(20)21(27)25-15-9-8-14(2)19(24)12-15/h3-9,12,16,18H,10-11H2,1-2H3,(H,25,27)/t16-,18-/m1/s1. The van der Waals surface area contributed by atoms with Crippen LogP contribution < -0.4 is 10.2 Å². The molecule has 0 bridgehead atoms. The molecule has 2 atom stereocenters. The molecule has 1 heterocycles. The third kappa shape index (κ3) is 3.47. The van der Waals surface area contributed by atoms with E-state index in [1.54, 1.807) is 36.4 Å². The zero-order chi connectivity index (χ0) is 20.7. The molecule has 2 aromatic rings. The number of carbonyl (C=O) groups is 3. The summed E-state index contributed by atoms with van der Waals surface area (Å²) in [6, 6.07) is 11.9. The average molecular weight is 409 g/mol. The summed E-state index contributed by atoms with van der Waals surface area (Å²) in [5.41, 5.74) is 3.17. The smallest absolute Gasteiger partial charge is 0.257 e. The van der Waals surface area contributed by atoms with Gasteiger partial charge >= 0.3 is 0 Å². The number of nitrogens with zero attached hydrogens (tertiary/aromatic N) is 1. The Morgan fingerprint density at radius 2 is 1.79 bits per heavy atom. The molecule has 0 radical (unpaired) electrons. The fraction of sp³-hybridized carbons (Fsp3) is 0.261. The summed E-state index contributed by atoms with van der Waals surface area (Å²) in [6.45, 7) is 3.86. The SMILES string of the molecule is CC1=CC[C@H]2C(=O)N(c3ccccc3C(=O)Nc3ccc(C)c(Cl)c3)C(=O)[C@@H]2C1. The Morgan fingerprint density at radius 1 is 1.07 bits per heavy atom. The van der Waals surface area contributed by atoms with Crippen molar-refractivity contribution in [2.45, 2.75) is 26.7 Å². The van der Waals surface area contributed by atoms with Gasteiger partial charge in [0.05, 0.1) is 23.1 Å². The molecule has 1 saturated heterocycles. The van der Waals surface area contributed by atoms with Gasteiger partial charge in [-0.1, -0.05) is 41.4 Å². The predicted molar refractivity (Wildman–Crippen MR) is 113 cm³/mol. The van der Waals surface area contributed by atoms with Gasteiger partial charge in [-0.3, -0.25) is 14.4 Å². The number of halogens is 1. The van der Waals surface area contributed by atoms with Crippen molar-refractivity contribution in [3.8, 4) is 0 Å². The first-order valence-electron chi connectivity index (χ1n) is 9.57. The van der Waals surface area contributed by atoms with Gasteiger partial charge < -0.3 is 5.32 Å². The maximum Gasteiger partial charge on any atom is 0.257 e. The largest absolute Gasteiger partial charge is 0.322 e. The molecule has 0 unspecified atom stereocenters. The number of anilines is 2. The number of rotatable bonds is 3. The molecule has 29 heavy (non-hydrogen) atoms. The highest BCUT2D eigenvalue weighted by Crippen LogP contribution is 2.40. The Balaban J connectivity index is 1.65. The first kappa shape index (κ1) is 19.4. The Kier molecular flexibility index (Phi) is 5.01. The van der Waals surface area contributed by atoms with E-state index >= 15 is 0 Å². The molecule has 0 saturated carbocycles. The van der Waals surface area contributed by atoms with E-state index < -0.39 is 5.91 Å². The van der Waals surface area contributed by atoms with Crippen molar-refractivity contribution >= 4 is 40.7 Å². The van der Waals surface area contributed by atoms with Crippen molar-refractivity contribution in [3.63, 3.8) is 0 Å². The van der Waals surface area contributed by atoms with E-state index in [0.717, 1.165) is 11.1 Å². The van der Waals surface area contributed by atoms with Gasteiger partial charge in [-0.05, 0) is 56.5 Å². The van der Waals surface area contributed by atoms with E-state index in [4.69, 9.17) is 11.6 Å². The summed E-state index contributed by atoms with van der Waals surface area (Å²) in [5.74, 6) is -1.56. The van der Waals surface area contributed by atoms with E-state index in [0.29, 0.717) is 29.2 Å². The number of aryl methyl sites for hydroxylation is 1. The van der Waals surface area contributed by atoms with Crippen LogP contribution in [0.1, 0.15) is 35.7 Å². The zero-order valence-electron chi connectivity index (χ0n) is 16.2. The second kappa shape index (κ2) is 7.48. The van der Waals surface area contributed by atoms with Gasteiger partial charge in [0.15, 0.2) is 0 Å². The van der Waals surface area contributed by atoms with E-state index in [-0.39, 0.29) is 29.2 Å². The summed E-state index contributed by atoms with van der Waals surface area (Å²) < 4.78 is 0. The second-order valence-electron chi connectivity index (χ2n) is 7.65. The minimum atomic E-state index is -0.398. The van der Waals surface area contributed by atoms with Gasteiger partial charge in [-0.2, -0.15) is 0 Å². The number of benzene rings is 2. The van der Waals surface area contributed by atoms with Gasteiger partial charge in [0.2, 0.25) is 11.8 Å². The lowest BCUT2D eigenvalue weighted by Crippen LogP contribution is -2.33. The monoisotopic (exact) mass is 408 g/mol. The van der Waals surface area contributed by atoms with Crippen molar-refractivity contribution in [1.29, 1.82) is 0 Å². The Hall–Kier alpha value is -2.92. The minimum Gasteiger partial charge on any atom is -0.322 e. The maximum absolute atomic E-state index is 13.0. The number of allylic oxidation sites excluding steroid dienone is 2. The molecule has 1 fully saturated rings. The van der Waals surface area contributed by atoms with Crippen molar-refractivity contribution in [2.75, 3.05) is 10.2 Å². The summed E-state index contributed by atoms with van der Waals surface area (Å²) in [6.07, 6.45) is 3.17. The van der Waals surface area contributed by atoms with Gasteiger partial charge in [-0.15, -0.1) is 0 Å². The number of hydrogen-bond donors (Lipinski definition) is 1. The fourth-order valence-corrected chi connectivity index (χ4v) is 4.19. The molecule has 5 nitrogen and oxygen atoms in total. The Bertz CT molecular complexity index is 1060. The molecule has 0 aromatic heterocycles. The third-order valence-electron chi connectivity index (χ3n) is 5.64. The number of fused-ring (bicyclic) bond motifs is 1. The van der Waals surface area contributed by atoms with Crippen LogP contribution in [0.3, 0.4) is 0 Å². The number of para-hydroxylation sites is 1. The summed E-state index contributed by atoms with van der Waals surface area (Å²) in [4.78, 5) is 40.2. The number of carbonyl (C=O) groups excluding carboxylic acids is 3. The van der Waals surface area contributed by atoms with Crippen LogP contribution in [0, 0.1) is 18.8 Å². The summed E-state index contributed by atoms with van der Waals surface area (Å²) in [5, 5.41) is 3.36. The molecule has 1 aliphatic heterocycles. The molecule has 3 amide bonds. The molecule has 6 heteroatoms. The van der Waals surface area contributed by atoms with Crippen LogP contribution in [0.15, 0.2) is 54.1 Å². The lowest BCUT2D eigenvalue weighted by atomic mass is 9.82. The first-order chi connectivity index (χ1) is 13.9. The van der Waals surface area contributed by atoms with Gasteiger partial charge in [-0.25, -0.2) is 4.90 Å². The fourth-order valence-electron chi connectivity index (χ4n) is 4.00. The normalized spacial score (nSPS) is 21.1. The molecule has 1 aliphatic carbocycles. The molecular weight excluding hydrogens is 388 g/mol. The lowest BCUT2D eigenvalue weighted by Gasteiger charge is -2.19. The first-order valence-corrected chi connectivity index (χ1v) is 9.94. The number of hydrogen-bond acceptors (Lipinski definition) is 3. The number of imide groups is 1. The summed E-state index contributed by atoms with van der Waals surface area (Å²) >= 11 is 6.14. The topological polar surface area (TPSA) is 66.5 Å². The van der Waals surface area contributed by atoms with Crippen LogP contribution in [0.5, 0.6) is 0 Å². The minimum absolute atomic E-state index is 0.230. The van der Waals surface area contributed by atoms with Crippen LogP contribution in [0.2, 0.25) is 5.02 Å². The second-order valence-corrected chi connectivity index (χ2v) is 8.06. The van der Waals surface area contributed by atoms with Gasteiger partial charge in [0.25, 0.3) is 5.91 Å². The highest BCUT2D eigenvalue weighted by atomic mass is 35.5. The van der Waals surface area contributed by atoms with Gasteiger partial charge in [0.1, 0.15) is 0 Å². The third-order valence-corrected chi connectivity index (χ3v) is 6.05. The van der Waals surface area contributed by atoms with Crippen LogP contribution in [-0.2, 0) is 9.59 Å².